The maximum Gasteiger partial charge on any atom is 0.230 e. The number of amides is 2. The molecule has 4 nitrogen and oxygen atoms in total. The Morgan fingerprint density at radius 1 is 1.21 bits per heavy atom. The number of carbonyl (C=O) groups is 2. The van der Waals surface area contributed by atoms with Crippen molar-refractivity contribution < 1.29 is 9.59 Å². The summed E-state index contributed by atoms with van der Waals surface area (Å²) in [5, 5.41) is 5.83. The highest BCUT2D eigenvalue weighted by molar-refractivity contribution is 5.97. The number of nitrogens with one attached hydrogen (secondary N) is 2. The summed E-state index contributed by atoms with van der Waals surface area (Å²) in [6.07, 6.45) is 3.61. The Morgan fingerprint density at radius 2 is 1.79 bits per heavy atom. The van der Waals surface area contributed by atoms with Gasteiger partial charge in [0.05, 0.1) is 0 Å². The SMILES string of the molecule is C=CC(C)C(C)(C)C(=O)Nc1cccc(NC(=O)C(C)CCC)c1. The molecule has 2 atom stereocenters. The van der Waals surface area contributed by atoms with Crippen LogP contribution in [0.15, 0.2) is 36.9 Å². The lowest BCUT2D eigenvalue weighted by Crippen LogP contribution is -2.35. The summed E-state index contributed by atoms with van der Waals surface area (Å²) in [5.74, 6) is -0.0467. The minimum Gasteiger partial charge on any atom is -0.326 e. The van der Waals surface area contributed by atoms with E-state index in [1.54, 1.807) is 12.1 Å². The van der Waals surface area contributed by atoms with E-state index in [-0.39, 0.29) is 23.7 Å². The fraction of sp³-hybridized carbons (Fsp3) is 0.500. The molecule has 4 heteroatoms. The molecular formula is C20H30N2O2. The zero-order valence-electron chi connectivity index (χ0n) is 15.5. The number of rotatable bonds is 8. The Hall–Kier alpha value is -2.10. The summed E-state index contributed by atoms with van der Waals surface area (Å²) in [5.41, 5.74) is 0.803. The van der Waals surface area contributed by atoms with Crippen molar-refractivity contribution in [2.24, 2.45) is 17.3 Å². The highest BCUT2D eigenvalue weighted by Crippen LogP contribution is 2.29. The van der Waals surface area contributed by atoms with Gasteiger partial charge in [0, 0.05) is 22.7 Å². The lowest BCUT2D eigenvalue weighted by molar-refractivity contribution is -0.125. The lowest BCUT2D eigenvalue weighted by atomic mass is 9.79. The van der Waals surface area contributed by atoms with E-state index in [4.69, 9.17) is 0 Å². The van der Waals surface area contributed by atoms with Gasteiger partial charge in [-0.2, -0.15) is 0 Å². The number of allylic oxidation sites excluding steroid dienone is 1. The van der Waals surface area contributed by atoms with E-state index in [2.05, 4.69) is 24.1 Å². The van der Waals surface area contributed by atoms with E-state index >= 15 is 0 Å². The van der Waals surface area contributed by atoms with E-state index in [9.17, 15) is 9.59 Å². The van der Waals surface area contributed by atoms with Crippen LogP contribution in [0.5, 0.6) is 0 Å². The first kappa shape index (κ1) is 19.9. The monoisotopic (exact) mass is 330 g/mol. The minimum absolute atomic E-state index is 0.000867. The molecule has 0 aliphatic heterocycles. The number of carbonyl (C=O) groups excluding carboxylic acids is 2. The summed E-state index contributed by atoms with van der Waals surface area (Å²) < 4.78 is 0. The van der Waals surface area contributed by atoms with Crippen molar-refractivity contribution in [2.45, 2.75) is 47.5 Å². The number of anilines is 2. The second kappa shape index (κ2) is 8.67. The van der Waals surface area contributed by atoms with Gasteiger partial charge in [0.2, 0.25) is 11.8 Å². The van der Waals surface area contributed by atoms with Crippen molar-refractivity contribution in [1.82, 2.24) is 0 Å². The van der Waals surface area contributed by atoms with Crippen LogP contribution >= 0.6 is 0 Å². The molecule has 1 aromatic rings. The van der Waals surface area contributed by atoms with Crippen LogP contribution in [0.2, 0.25) is 0 Å². The number of benzene rings is 1. The minimum atomic E-state index is -0.559. The summed E-state index contributed by atoms with van der Waals surface area (Å²) in [6, 6.07) is 7.24. The van der Waals surface area contributed by atoms with Gasteiger partial charge in [-0.1, -0.05) is 53.2 Å². The van der Waals surface area contributed by atoms with Crippen LogP contribution < -0.4 is 10.6 Å². The molecule has 0 aromatic heterocycles. The second-order valence-electron chi connectivity index (χ2n) is 6.96. The third-order valence-corrected chi connectivity index (χ3v) is 4.63. The van der Waals surface area contributed by atoms with Crippen LogP contribution in [0.4, 0.5) is 11.4 Å². The molecule has 0 fully saturated rings. The van der Waals surface area contributed by atoms with Crippen molar-refractivity contribution in [3.63, 3.8) is 0 Å². The molecule has 1 aromatic carbocycles. The van der Waals surface area contributed by atoms with Crippen molar-refractivity contribution in [1.29, 1.82) is 0 Å². The van der Waals surface area contributed by atoms with Gasteiger partial charge in [-0.05, 0) is 30.5 Å². The topological polar surface area (TPSA) is 58.2 Å². The van der Waals surface area contributed by atoms with Crippen molar-refractivity contribution in [3.05, 3.63) is 36.9 Å². The van der Waals surface area contributed by atoms with Gasteiger partial charge in [-0.15, -0.1) is 6.58 Å². The highest BCUT2D eigenvalue weighted by atomic mass is 16.2. The Bertz CT molecular complexity index is 593. The largest absolute Gasteiger partial charge is 0.326 e. The third-order valence-electron chi connectivity index (χ3n) is 4.63. The molecule has 2 N–H and O–H groups in total. The molecule has 0 aliphatic carbocycles. The lowest BCUT2D eigenvalue weighted by Gasteiger charge is -2.28. The van der Waals surface area contributed by atoms with Crippen molar-refractivity contribution in [3.8, 4) is 0 Å². The fourth-order valence-electron chi connectivity index (χ4n) is 2.30. The molecule has 0 saturated heterocycles. The van der Waals surface area contributed by atoms with Gasteiger partial charge >= 0.3 is 0 Å². The first-order valence-corrected chi connectivity index (χ1v) is 8.57. The third kappa shape index (κ3) is 5.22. The van der Waals surface area contributed by atoms with E-state index in [1.165, 1.54) is 0 Å². The molecular weight excluding hydrogens is 300 g/mol. The predicted molar refractivity (Wildman–Crippen MR) is 101 cm³/mol. The van der Waals surface area contributed by atoms with Gasteiger partial charge in [0.25, 0.3) is 0 Å². The Balaban J connectivity index is 2.80. The van der Waals surface area contributed by atoms with Crippen LogP contribution in [0.3, 0.4) is 0 Å². The van der Waals surface area contributed by atoms with Crippen molar-refractivity contribution >= 4 is 23.2 Å². The normalized spacial score (nSPS) is 13.7. The van der Waals surface area contributed by atoms with Crippen LogP contribution in [0.1, 0.15) is 47.5 Å². The van der Waals surface area contributed by atoms with Gasteiger partial charge in [0.15, 0.2) is 0 Å². The second-order valence-corrected chi connectivity index (χ2v) is 6.96. The van der Waals surface area contributed by atoms with Crippen molar-refractivity contribution in [2.75, 3.05) is 10.6 Å². The molecule has 0 spiro atoms. The molecule has 0 aliphatic rings. The zero-order chi connectivity index (χ0) is 18.3. The standard InChI is InChI=1S/C20H30N2O2/c1-7-10-14(3)18(23)21-16-11-9-12-17(13-16)22-19(24)20(5,6)15(4)8-2/h8-9,11-15H,2,7,10H2,1,3-6H3,(H,21,23)(H,22,24). The molecule has 132 valence electrons. The van der Waals surface area contributed by atoms with Crippen LogP contribution in [0, 0.1) is 17.3 Å². The number of hydrogen-bond acceptors (Lipinski definition) is 2. The average Bonchev–Trinajstić information content (AvgIpc) is 2.54. The first-order chi connectivity index (χ1) is 11.2. The van der Waals surface area contributed by atoms with Gasteiger partial charge in [-0.25, -0.2) is 0 Å². The Kier molecular flexibility index (Phi) is 7.20. The van der Waals surface area contributed by atoms with Crippen LogP contribution in [-0.2, 0) is 9.59 Å². The predicted octanol–water partition coefficient (Wildman–Crippen LogP) is 4.85. The maximum absolute atomic E-state index is 12.5. The van der Waals surface area contributed by atoms with Crippen LogP contribution in [-0.4, -0.2) is 11.8 Å². The summed E-state index contributed by atoms with van der Waals surface area (Å²) >= 11 is 0. The van der Waals surface area contributed by atoms with E-state index in [1.807, 2.05) is 45.9 Å². The Labute approximate surface area is 145 Å². The molecule has 1 rings (SSSR count). The molecule has 2 amide bonds. The first-order valence-electron chi connectivity index (χ1n) is 8.57. The molecule has 0 radical (unpaired) electrons. The summed E-state index contributed by atoms with van der Waals surface area (Å²) in [4.78, 5) is 24.6. The zero-order valence-corrected chi connectivity index (χ0v) is 15.5. The molecule has 2 unspecified atom stereocenters. The van der Waals surface area contributed by atoms with E-state index in [0.29, 0.717) is 11.4 Å². The maximum atomic E-state index is 12.5. The molecule has 0 heterocycles. The van der Waals surface area contributed by atoms with E-state index in [0.717, 1.165) is 12.8 Å². The molecule has 0 saturated carbocycles. The highest BCUT2D eigenvalue weighted by Gasteiger charge is 2.32. The quantitative estimate of drug-likeness (QED) is 0.670. The molecule has 0 bridgehead atoms. The fourth-order valence-corrected chi connectivity index (χ4v) is 2.30. The molecule has 24 heavy (non-hydrogen) atoms. The average molecular weight is 330 g/mol. The van der Waals surface area contributed by atoms with Gasteiger partial charge < -0.3 is 10.6 Å². The van der Waals surface area contributed by atoms with E-state index < -0.39 is 5.41 Å². The summed E-state index contributed by atoms with van der Waals surface area (Å²) in [6.45, 7) is 13.5. The summed E-state index contributed by atoms with van der Waals surface area (Å²) in [7, 11) is 0. The number of hydrogen-bond donors (Lipinski definition) is 2. The Morgan fingerprint density at radius 3 is 2.33 bits per heavy atom. The van der Waals surface area contributed by atoms with Gasteiger partial charge in [0.1, 0.15) is 0 Å². The smallest absolute Gasteiger partial charge is 0.230 e. The van der Waals surface area contributed by atoms with Crippen LogP contribution in [0.25, 0.3) is 0 Å². The van der Waals surface area contributed by atoms with Gasteiger partial charge in [-0.3, -0.25) is 9.59 Å².